The number of hydrogen-bond donors (Lipinski definition) is 2. The number of nitrogens with one attached hydrogen (secondary N) is 1. The van der Waals surface area contributed by atoms with E-state index in [-0.39, 0.29) is 6.10 Å². The van der Waals surface area contributed by atoms with Gasteiger partial charge in [0.15, 0.2) is 0 Å². The Kier molecular flexibility index (Phi) is 6.34. The third-order valence-corrected chi connectivity index (χ3v) is 4.00. The summed E-state index contributed by atoms with van der Waals surface area (Å²) in [7, 11) is 0. The third kappa shape index (κ3) is 5.14. The van der Waals surface area contributed by atoms with Crippen molar-refractivity contribution in [3.05, 3.63) is 29.8 Å². The van der Waals surface area contributed by atoms with Gasteiger partial charge < -0.3 is 15.2 Å². The van der Waals surface area contributed by atoms with E-state index in [0.29, 0.717) is 13.2 Å². The van der Waals surface area contributed by atoms with Crippen molar-refractivity contribution < 1.29 is 9.84 Å². The second kappa shape index (κ2) is 8.28. The fourth-order valence-electron chi connectivity index (χ4n) is 3.01. The topological polar surface area (TPSA) is 41.5 Å². The Morgan fingerprint density at radius 2 is 2.15 bits per heavy atom. The van der Waals surface area contributed by atoms with Crippen LogP contribution in [0.5, 0.6) is 5.75 Å². The fourth-order valence-corrected chi connectivity index (χ4v) is 3.01. The van der Waals surface area contributed by atoms with E-state index in [2.05, 4.69) is 17.4 Å². The highest BCUT2D eigenvalue weighted by atomic mass is 16.5. The van der Waals surface area contributed by atoms with Gasteiger partial charge in [-0.3, -0.25) is 0 Å². The quantitative estimate of drug-likeness (QED) is 0.767. The summed E-state index contributed by atoms with van der Waals surface area (Å²) in [6, 6.07) is 8.12. The van der Waals surface area contributed by atoms with Gasteiger partial charge in [0.05, 0.1) is 12.7 Å². The Balaban J connectivity index is 1.67. The highest BCUT2D eigenvalue weighted by molar-refractivity contribution is 5.28. The van der Waals surface area contributed by atoms with Gasteiger partial charge in [0.1, 0.15) is 5.75 Å². The summed E-state index contributed by atoms with van der Waals surface area (Å²) in [6.07, 6.45) is 6.02. The lowest BCUT2D eigenvalue weighted by Crippen LogP contribution is -2.27. The Morgan fingerprint density at radius 1 is 1.35 bits per heavy atom. The minimum Gasteiger partial charge on any atom is -0.494 e. The monoisotopic (exact) mass is 277 g/mol. The Bertz CT molecular complexity index is 388. The molecule has 1 fully saturated rings. The maximum absolute atomic E-state index is 10.0. The van der Waals surface area contributed by atoms with Crippen molar-refractivity contribution in [1.82, 2.24) is 5.32 Å². The van der Waals surface area contributed by atoms with Crippen molar-refractivity contribution in [2.45, 2.75) is 51.7 Å². The van der Waals surface area contributed by atoms with Gasteiger partial charge in [-0.05, 0) is 37.0 Å². The maximum atomic E-state index is 10.0. The van der Waals surface area contributed by atoms with Gasteiger partial charge in [0.2, 0.25) is 0 Å². The van der Waals surface area contributed by atoms with Crippen LogP contribution in [-0.2, 0) is 6.54 Å². The van der Waals surface area contributed by atoms with E-state index in [0.717, 1.165) is 24.6 Å². The van der Waals surface area contributed by atoms with Gasteiger partial charge in [0.25, 0.3) is 0 Å². The molecule has 0 radical (unpaired) electrons. The summed E-state index contributed by atoms with van der Waals surface area (Å²) in [5.74, 6) is 1.66. The first-order valence-corrected chi connectivity index (χ1v) is 7.88. The van der Waals surface area contributed by atoms with Crippen LogP contribution in [0.1, 0.15) is 44.6 Å². The number of aliphatic hydroxyl groups excluding tert-OH is 1. The van der Waals surface area contributed by atoms with Gasteiger partial charge in [-0.15, -0.1) is 0 Å². The van der Waals surface area contributed by atoms with Gasteiger partial charge in [-0.2, -0.15) is 0 Å². The molecule has 0 aliphatic heterocycles. The van der Waals surface area contributed by atoms with Crippen molar-refractivity contribution in [2.24, 2.45) is 5.92 Å². The molecule has 2 rings (SSSR count). The number of benzene rings is 1. The number of ether oxygens (including phenoxy) is 1. The maximum Gasteiger partial charge on any atom is 0.119 e. The molecular formula is C17H27NO2. The molecule has 1 atom stereocenters. The molecule has 0 heterocycles. The summed E-state index contributed by atoms with van der Waals surface area (Å²) in [5.41, 5.74) is 1.20. The summed E-state index contributed by atoms with van der Waals surface area (Å²) in [5, 5.41) is 13.4. The van der Waals surface area contributed by atoms with E-state index in [1.165, 1.54) is 31.2 Å². The van der Waals surface area contributed by atoms with Crippen LogP contribution in [0.3, 0.4) is 0 Å². The molecule has 0 amide bonds. The largest absolute Gasteiger partial charge is 0.494 e. The molecule has 3 nitrogen and oxygen atoms in total. The number of hydrogen-bond acceptors (Lipinski definition) is 3. The molecule has 1 aromatic carbocycles. The van der Waals surface area contributed by atoms with E-state index >= 15 is 0 Å². The lowest BCUT2D eigenvalue weighted by Gasteiger charge is -2.16. The summed E-state index contributed by atoms with van der Waals surface area (Å²) in [4.78, 5) is 0. The summed E-state index contributed by atoms with van der Waals surface area (Å²) >= 11 is 0. The molecule has 1 saturated carbocycles. The third-order valence-electron chi connectivity index (χ3n) is 4.00. The van der Waals surface area contributed by atoms with Gasteiger partial charge in [-0.25, -0.2) is 0 Å². The van der Waals surface area contributed by atoms with Crippen LogP contribution >= 0.6 is 0 Å². The Morgan fingerprint density at radius 3 is 2.90 bits per heavy atom. The van der Waals surface area contributed by atoms with Crippen LogP contribution in [0.2, 0.25) is 0 Å². The van der Waals surface area contributed by atoms with Crippen LogP contribution in [0.15, 0.2) is 24.3 Å². The Hall–Kier alpha value is -1.06. The van der Waals surface area contributed by atoms with Crippen LogP contribution in [0, 0.1) is 5.92 Å². The minimum atomic E-state index is -0.215. The number of rotatable bonds is 8. The van der Waals surface area contributed by atoms with E-state index in [9.17, 15) is 5.11 Å². The first kappa shape index (κ1) is 15.3. The normalized spacial score (nSPS) is 17.3. The first-order valence-electron chi connectivity index (χ1n) is 7.88. The highest BCUT2D eigenvalue weighted by Gasteiger charge is 2.18. The minimum absolute atomic E-state index is 0.215. The van der Waals surface area contributed by atoms with Crippen LogP contribution in [0.4, 0.5) is 0 Å². The molecule has 0 spiro atoms. The molecule has 20 heavy (non-hydrogen) atoms. The SMILES string of the molecule is CCOc1cccc(CNCC(O)CC2CCCC2)c1. The summed E-state index contributed by atoms with van der Waals surface area (Å²) in [6.45, 7) is 4.14. The summed E-state index contributed by atoms with van der Waals surface area (Å²) < 4.78 is 5.49. The lowest BCUT2D eigenvalue weighted by atomic mass is 10.00. The Labute approximate surface area is 122 Å². The zero-order valence-corrected chi connectivity index (χ0v) is 12.5. The first-order chi connectivity index (χ1) is 9.78. The van der Waals surface area contributed by atoms with Gasteiger partial charge in [-0.1, -0.05) is 37.8 Å². The van der Waals surface area contributed by atoms with E-state index in [1.807, 2.05) is 19.1 Å². The second-order valence-electron chi connectivity index (χ2n) is 5.75. The predicted molar refractivity (Wildman–Crippen MR) is 81.9 cm³/mol. The molecule has 1 aliphatic rings. The van der Waals surface area contributed by atoms with E-state index in [4.69, 9.17) is 4.74 Å². The van der Waals surface area contributed by atoms with Crippen molar-refractivity contribution in [1.29, 1.82) is 0 Å². The van der Waals surface area contributed by atoms with Crippen molar-refractivity contribution >= 4 is 0 Å². The molecule has 112 valence electrons. The molecule has 3 heteroatoms. The molecule has 0 saturated heterocycles. The molecule has 0 aromatic heterocycles. The zero-order chi connectivity index (χ0) is 14.2. The average molecular weight is 277 g/mol. The van der Waals surface area contributed by atoms with E-state index < -0.39 is 0 Å². The van der Waals surface area contributed by atoms with Crippen molar-refractivity contribution in [3.63, 3.8) is 0 Å². The molecule has 1 aliphatic carbocycles. The zero-order valence-electron chi connectivity index (χ0n) is 12.5. The molecular weight excluding hydrogens is 250 g/mol. The second-order valence-corrected chi connectivity index (χ2v) is 5.75. The van der Waals surface area contributed by atoms with Crippen LogP contribution < -0.4 is 10.1 Å². The van der Waals surface area contributed by atoms with Crippen LogP contribution in [-0.4, -0.2) is 24.4 Å². The number of aliphatic hydroxyl groups is 1. The predicted octanol–water partition coefficient (Wildman–Crippen LogP) is 3.12. The van der Waals surface area contributed by atoms with E-state index in [1.54, 1.807) is 0 Å². The average Bonchev–Trinajstić information content (AvgIpc) is 2.92. The van der Waals surface area contributed by atoms with Crippen molar-refractivity contribution in [3.8, 4) is 5.75 Å². The van der Waals surface area contributed by atoms with Crippen LogP contribution in [0.25, 0.3) is 0 Å². The standard InChI is InChI=1S/C17H27NO2/c1-2-20-17-9-5-8-15(11-17)12-18-13-16(19)10-14-6-3-4-7-14/h5,8-9,11,14,16,18-19H,2-4,6-7,10,12-13H2,1H3. The molecule has 2 N–H and O–H groups in total. The van der Waals surface area contributed by atoms with Gasteiger partial charge >= 0.3 is 0 Å². The van der Waals surface area contributed by atoms with Crippen molar-refractivity contribution in [2.75, 3.05) is 13.2 Å². The molecule has 1 unspecified atom stereocenters. The smallest absolute Gasteiger partial charge is 0.119 e. The highest BCUT2D eigenvalue weighted by Crippen LogP contribution is 2.28. The lowest BCUT2D eigenvalue weighted by molar-refractivity contribution is 0.140. The molecule has 1 aromatic rings. The van der Waals surface area contributed by atoms with Gasteiger partial charge in [0, 0.05) is 13.1 Å². The fraction of sp³-hybridized carbons (Fsp3) is 0.647. The molecule has 0 bridgehead atoms.